The van der Waals surface area contributed by atoms with Gasteiger partial charge in [0.2, 0.25) is 11.1 Å². The first-order valence-electron chi connectivity index (χ1n) is 7.63. The van der Waals surface area contributed by atoms with E-state index in [0.29, 0.717) is 16.5 Å². The van der Waals surface area contributed by atoms with Crippen LogP contribution in [0.15, 0.2) is 53.9 Å². The maximum atomic E-state index is 13.5. The fraction of sp³-hybridized carbons (Fsp3) is 0.0625. The Hall–Kier alpha value is -3.47. The van der Waals surface area contributed by atoms with E-state index < -0.39 is 17.6 Å². The Morgan fingerprint density at radius 1 is 1.15 bits per heavy atom. The summed E-state index contributed by atoms with van der Waals surface area (Å²) < 4.78 is 14.7. The molecule has 27 heavy (non-hydrogen) atoms. The van der Waals surface area contributed by atoms with Gasteiger partial charge in [-0.2, -0.15) is 0 Å². The Balaban J connectivity index is 1.53. The molecule has 3 aromatic rings. The van der Waals surface area contributed by atoms with Crippen LogP contribution in [0.1, 0.15) is 10.4 Å². The molecule has 0 aliphatic rings. The van der Waals surface area contributed by atoms with Crippen molar-refractivity contribution in [2.24, 2.45) is 0 Å². The predicted molar refractivity (Wildman–Crippen MR) is 96.1 cm³/mol. The Kier molecular flexibility index (Phi) is 5.61. The van der Waals surface area contributed by atoms with Gasteiger partial charge in [-0.15, -0.1) is 10.2 Å². The van der Waals surface area contributed by atoms with E-state index in [0.717, 1.165) is 17.8 Å². The average Bonchev–Trinajstić information content (AvgIpc) is 3.06. The van der Waals surface area contributed by atoms with E-state index in [-0.39, 0.29) is 11.3 Å². The summed E-state index contributed by atoms with van der Waals surface area (Å²) in [5.41, 5.74) is 4.86. The highest BCUT2D eigenvalue weighted by Gasteiger charge is 2.15. The van der Waals surface area contributed by atoms with Gasteiger partial charge in [-0.1, -0.05) is 23.9 Å². The molecule has 0 aliphatic heterocycles. The highest BCUT2D eigenvalue weighted by Crippen LogP contribution is 2.20. The molecule has 1 aromatic carbocycles. The lowest BCUT2D eigenvalue weighted by atomic mass is 10.2. The Morgan fingerprint density at radius 2 is 1.96 bits per heavy atom. The van der Waals surface area contributed by atoms with Gasteiger partial charge >= 0.3 is 0 Å². The molecule has 0 aliphatic carbocycles. The van der Waals surface area contributed by atoms with Gasteiger partial charge in [0.05, 0.1) is 11.3 Å². The number of carbonyl (C=O) groups excluding carboxylic acids is 2. The van der Waals surface area contributed by atoms with Crippen LogP contribution in [0, 0.1) is 5.82 Å². The third-order valence-electron chi connectivity index (χ3n) is 3.35. The summed E-state index contributed by atoms with van der Waals surface area (Å²) in [4.78, 5) is 27.7. The molecule has 138 valence electrons. The maximum Gasteiger partial charge on any atom is 0.272 e. The highest BCUT2D eigenvalue weighted by atomic mass is 32.2. The lowest BCUT2D eigenvalue weighted by Gasteiger charge is -2.07. The second-order valence-electron chi connectivity index (χ2n) is 5.19. The van der Waals surface area contributed by atoms with Crippen LogP contribution < -0.4 is 16.7 Å². The molecule has 0 unspecified atom stereocenters. The molecule has 0 saturated heterocycles. The molecule has 0 saturated carbocycles. The van der Waals surface area contributed by atoms with E-state index in [1.807, 2.05) is 0 Å². The van der Waals surface area contributed by atoms with E-state index in [4.69, 9.17) is 5.84 Å². The Morgan fingerprint density at radius 3 is 2.70 bits per heavy atom. The maximum absolute atomic E-state index is 13.5. The number of hydrogen-bond donors (Lipinski definition) is 3. The zero-order valence-corrected chi connectivity index (χ0v) is 14.6. The third kappa shape index (κ3) is 4.39. The smallest absolute Gasteiger partial charge is 0.272 e. The fourth-order valence-corrected chi connectivity index (χ4v) is 2.73. The van der Waals surface area contributed by atoms with Crippen molar-refractivity contribution < 1.29 is 14.0 Å². The van der Waals surface area contributed by atoms with Gasteiger partial charge in [0.15, 0.2) is 5.82 Å². The minimum Gasteiger partial charge on any atom is -0.335 e. The SMILES string of the molecule is Nn1c(SCC(=O)NNC(=O)c2ccccc2F)nnc1-c1cccnc1. The summed E-state index contributed by atoms with van der Waals surface area (Å²) in [7, 11) is 0. The number of nitrogens with two attached hydrogens (primary N) is 1. The van der Waals surface area contributed by atoms with Crippen LogP contribution in [0.25, 0.3) is 11.4 Å². The van der Waals surface area contributed by atoms with E-state index in [1.165, 1.54) is 22.9 Å². The van der Waals surface area contributed by atoms with Gasteiger partial charge in [-0.05, 0) is 24.3 Å². The number of rotatable bonds is 5. The summed E-state index contributed by atoms with van der Waals surface area (Å²) in [6, 6.07) is 8.96. The molecular weight excluding hydrogens is 373 g/mol. The summed E-state index contributed by atoms with van der Waals surface area (Å²) in [5.74, 6) is 4.30. The van der Waals surface area contributed by atoms with Crippen molar-refractivity contribution in [3.8, 4) is 11.4 Å². The van der Waals surface area contributed by atoms with Crippen LogP contribution in [-0.2, 0) is 4.79 Å². The zero-order valence-electron chi connectivity index (χ0n) is 13.8. The van der Waals surface area contributed by atoms with Gasteiger partial charge in [0.1, 0.15) is 5.82 Å². The monoisotopic (exact) mass is 387 g/mol. The van der Waals surface area contributed by atoms with Crippen molar-refractivity contribution in [1.82, 2.24) is 30.7 Å². The number of amides is 2. The lowest BCUT2D eigenvalue weighted by molar-refractivity contribution is -0.119. The van der Waals surface area contributed by atoms with Crippen molar-refractivity contribution in [3.63, 3.8) is 0 Å². The van der Waals surface area contributed by atoms with Crippen molar-refractivity contribution in [2.45, 2.75) is 5.16 Å². The predicted octanol–water partition coefficient (Wildman–Crippen LogP) is 0.746. The molecule has 2 heterocycles. The number of aromatic nitrogens is 4. The van der Waals surface area contributed by atoms with Crippen LogP contribution in [-0.4, -0.2) is 37.4 Å². The average molecular weight is 387 g/mol. The molecule has 0 atom stereocenters. The summed E-state index contributed by atoms with van der Waals surface area (Å²) in [5, 5.41) is 8.21. The van der Waals surface area contributed by atoms with Crippen LogP contribution in [0.3, 0.4) is 0 Å². The van der Waals surface area contributed by atoms with Crippen LogP contribution >= 0.6 is 11.8 Å². The molecule has 0 bridgehead atoms. The van der Waals surface area contributed by atoms with Gasteiger partial charge in [-0.3, -0.25) is 25.4 Å². The van der Waals surface area contributed by atoms with Crippen LogP contribution in [0.2, 0.25) is 0 Å². The Bertz CT molecular complexity index is 964. The summed E-state index contributed by atoms with van der Waals surface area (Å²) in [6.45, 7) is 0. The van der Waals surface area contributed by atoms with Crippen molar-refractivity contribution in [3.05, 3.63) is 60.2 Å². The summed E-state index contributed by atoms with van der Waals surface area (Å²) in [6.07, 6.45) is 3.21. The van der Waals surface area contributed by atoms with E-state index >= 15 is 0 Å². The number of carbonyl (C=O) groups is 2. The van der Waals surface area contributed by atoms with Crippen molar-refractivity contribution >= 4 is 23.6 Å². The molecule has 2 amide bonds. The van der Waals surface area contributed by atoms with Crippen molar-refractivity contribution in [2.75, 3.05) is 11.6 Å². The first-order valence-corrected chi connectivity index (χ1v) is 8.62. The molecule has 4 N–H and O–H groups in total. The number of nitrogens with one attached hydrogen (secondary N) is 2. The second kappa shape index (κ2) is 8.27. The van der Waals surface area contributed by atoms with Crippen molar-refractivity contribution in [1.29, 1.82) is 0 Å². The lowest BCUT2D eigenvalue weighted by Crippen LogP contribution is -2.42. The number of nitrogen functional groups attached to an aromatic ring is 1. The summed E-state index contributed by atoms with van der Waals surface area (Å²) >= 11 is 1.03. The van der Waals surface area contributed by atoms with Gasteiger partial charge in [0.25, 0.3) is 5.91 Å². The number of benzene rings is 1. The standard InChI is InChI=1S/C16H14FN7O2S/c17-12-6-2-1-5-11(12)15(26)22-20-13(25)9-27-16-23-21-14(24(16)18)10-4-3-7-19-8-10/h1-8H,9,18H2,(H,20,25)(H,22,26). The third-order valence-corrected chi connectivity index (χ3v) is 4.29. The number of hydrogen-bond acceptors (Lipinski definition) is 7. The van der Waals surface area contributed by atoms with Crippen LogP contribution in [0.4, 0.5) is 4.39 Å². The molecule has 3 rings (SSSR count). The fourth-order valence-electron chi connectivity index (χ4n) is 2.07. The number of hydrazine groups is 1. The number of halogens is 1. The minimum atomic E-state index is -0.757. The minimum absolute atomic E-state index is 0.0834. The molecule has 2 aromatic heterocycles. The quantitative estimate of drug-likeness (QED) is 0.335. The van der Waals surface area contributed by atoms with Gasteiger partial charge < -0.3 is 5.84 Å². The molecule has 0 radical (unpaired) electrons. The largest absolute Gasteiger partial charge is 0.335 e. The molecule has 11 heteroatoms. The van der Waals surface area contributed by atoms with E-state index in [1.54, 1.807) is 24.5 Å². The van der Waals surface area contributed by atoms with Crippen LogP contribution in [0.5, 0.6) is 0 Å². The number of nitrogens with zero attached hydrogens (tertiary/aromatic N) is 4. The van der Waals surface area contributed by atoms with Gasteiger partial charge in [-0.25, -0.2) is 9.07 Å². The highest BCUT2D eigenvalue weighted by molar-refractivity contribution is 7.99. The molecule has 0 fully saturated rings. The molecule has 9 nitrogen and oxygen atoms in total. The second-order valence-corrected chi connectivity index (χ2v) is 6.13. The molecular formula is C16H14FN7O2S. The zero-order chi connectivity index (χ0) is 19.2. The number of pyridine rings is 1. The first-order chi connectivity index (χ1) is 13.1. The normalized spacial score (nSPS) is 10.4. The van der Waals surface area contributed by atoms with E-state index in [9.17, 15) is 14.0 Å². The Labute approximate surface area is 157 Å². The topological polar surface area (TPSA) is 128 Å². The molecule has 0 spiro atoms. The first kappa shape index (κ1) is 18.3. The van der Waals surface area contributed by atoms with Gasteiger partial charge in [0, 0.05) is 18.0 Å². The van der Waals surface area contributed by atoms with E-state index in [2.05, 4.69) is 26.0 Å². The number of thioether (sulfide) groups is 1.